The number of carbonyl (C=O) groups excluding carboxylic acids is 1. The van der Waals surface area contributed by atoms with Gasteiger partial charge >= 0.3 is 6.03 Å². The van der Waals surface area contributed by atoms with Gasteiger partial charge in [0.15, 0.2) is 0 Å². The molecule has 3 rings (SSSR count). The Morgan fingerprint density at radius 1 is 1.33 bits per heavy atom. The van der Waals surface area contributed by atoms with Gasteiger partial charge in [0.25, 0.3) is 5.56 Å². The molecule has 0 saturated heterocycles. The van der Waals surface area contributed by atoms with Crippen molar-refractivity contribution in [2.75, 3.05) is 6.61 Å². The summed E-state index contributed by atoms with van der Waals surface area (Å²) in [6.07, 6.45) is 0.717. The third-order valence-corrected chi connectivity index (χ3v) is 4.18. The molecule has 2 aromatic rings. The van der Waals surface area contributed by atoms with E-state index in [-0.39, 0.29) is 24.2 Å². The SMILES string of the molecule is Cc1cc(C)c(CNC(=O)N[C@H]2CCOc3ccccc32)c(=O)[nH]1. The second-order valence-corrected chi connectivity index (χ2v) is 6.00. The molecule has 0 aliphatic carbocycles. The molecule has 1 aromatic heterocycles. The number of aromatic amines is 1. The highest BCUT2D eigenvalue weighted by molar-refractivity contribution is 5.74. The number of aryl methyl sites for hydroxylation is 2. The maximum absolute atomic E-state index is 12.2. The third-order valence-electron chi connectivity index (χ3n) is 4.18. The second kappa shape index (κ2) is 6.78. The van der Waals surface area contributed by atoms with Crippen molar-refractivity contribution in [2.24, 2.45) is 0 Å². The van der Waals surface area contributed by atoms with Gasteiger partial charge in [-0.2, -0.15) is 0 Å². The Morgan fingerprint density at radius 2 is 2.12 bits per heavy atom. The average Bonchev–Trinajstić information content (AvgIpc) is 2.54. The van der Waals surface area contributed by atoms with Gasteiger partial charge in [-0.05, 0) is 31.5 Å². The quantitative estimate of drug-likeness (QED) is 0.809. The van der Waals surface area contributed by atoms with Gasteiger partial charge in [0.05, 0.1) is 19.2 Å². The van der Waals surface area contributed by atoms with Crippen molar-refractivity contribution in [1.82, 2.24) is 15.6 Å². The van der Waals surface area contributed by atoms with Crippen LogP contribution < -0.4 is 20.9 Å². The highest BCUT2D eigenvalue weighted by Crippen LogP contribution is 2.31. The first-order chi connectivity index (χ1) is 11.5. The molecule has 0 unspecified atom stereocenters. The molecule has 126 valence electrons. The summed E-state index contributed by atoms with van der Waals surface area (Å²) >= 11 is 0. The van der Waals surface area contributed by atoms with E-state index >= 15 is 0 Å². The molecule has 0 saturated carbocycles. The van der Waals surface area contributed by atoms with Gasteiger partial charge in [-0.3, -0.25) is 4.79 Å². The van der Waals surface area contributed by atoms with Crippen molar-refractivity contribution >= 4 is 6.03 Å². The standard InChI is InChI=1S/C18H21N3O3/c1-11-9-12(2)20-17(22)14(11)10-19-18(23)21-15-7-8-24-16-6-4-3-5-13(15)16/h3-6,9,15H,7-8,10H2,1-2H3,(H,20,22)(H2,19,21,23)/t15-/m0/s1. The number of amides is 2. The van der Waals surface area contributed by atoms with Crippen LogP contribution in [-0.4, -0.2) is 17.6 Å². The number of fused-ring (bicyclic) bond motifs is 1. The van der Waals surface area contributed by atoms with E-state index < -0.39 is 0 Å². The number of pyridine rings is 1. The first kappa shape index (κ1) is 16.1. The Kier molecular flexibility index (Phi) is 4.55. The number of nitrogens with one attached hydrogen (secondary N) is 3. The van der Waals surface area contributed by atoms with E-state index in [1.54, 1.807) is 0 Å². The van der Waals surface area contributed by atoms with Crippen LogP contribution in [0.3, 0.4) is 0 Å². The van der Waals surface area contributed by atoms with Gasteiger partial charge in [0.2, 0.25) is 0 Å². The van der Waals surface area contributed by atoms with Crippen molar-refractivity contribution in [3.63, 3.8) is 0 Å². The lowest BCUT2D eigenvalue weighted by Crippen LogP contribution is -2.40. The Labute approximate surface area is 140 Å². The van der Waals surface area contributed by atoms with Gasteiger partial charge in [-0.25, -0.2) is 4.79 Å². The summed E-state index contributed by atoms with van der Waals surface area (Å²) < 4.78 is 5.59. The minimum Gasteiger partial charge on any atom is -0.493 e. The zero-order valence-corrected chi connectivity index (χ0v) is 13.8. The Morgan fingerprint density at radius 3 is 2.92 bits per heavy atom. The lowest BCUT2D eigenvalue weighted by atomic mass is 10.0. The number of rotatable bonds is 3. The number of para-hydroxylation sites is 1. The van der Waals surface area contributed by atoms with Crippen LogP contribution in [0.2, 0.25) is 0 Å². The van der Waals surface area contributed by atoms with Gasteiger partial charge < -0.3 is 20.4 Å². The highest BCUT2D eigenvalue weighted by atomic mass is 16.5. The van der Waals surface area contributed by atoms with Crippen LogP contribution in [-0.2, 0) is 6.54 Å². The number of benzene rings is 1. The molecule has 1 atom stereocenters. The summed E-state index contributed by atoms with van der Waals surface area (Å²) in [4.78, 5) is 26.9. The normalized spacial score (nSPS) is 16.0. The number of aromatic nitrogens is 1. The summed E-state index contributed by atoms with van der Waals surface area (Å²) in [5.41, 5.74) is 3.06. The molecule has 2 amide bonds. The van der Waals surface area contributed by atoms with Crippen molar-refractivity contribution in [1.29, 1.82) is 0 Å². The lowest BCUT2D eigenvalue weighted by molar-refractivity contribution is 0.223. The summed E-state index contributed by atoms with van der Waals surface area (Å²) in [5.74, 6) is 0.805. The smallest absolute Gasteiger partial charge is 0.315 e. The largest absolute Gasteiger partial charge is 0.493 e. The third kappa shape index (κ3) is 3.42. The number of hydrogen-bond acceptors (Lipinski definition) is 3. The lowest BCUT2D eigenvalue weighted by Gasteiger charge is -2.26. The molecule has 3 N–H and O–H groups in total. The topological polar surface area (TPSA) is 83.2 Å². The van der Waals surface area contributed by atoms with Crippen molar-refractivity contribution < 1.29 is 9.53 Å². The van der Waals surface area contributed by atoms with E-state index in [2.05, 4.69) is 15.6 Å². The van der Waals surface area contributed by atoms with E-state index in [0.29, 0.717) is 18.6 Å². The molecule has 24 heavy (non-hydrogen) atoms. The van der Waals surface area contributed by atoms with E-state index in [4.69, 9.17) is 4.74 Å². The van der Waals surface area contributed by atoms with Gasteiger partial charge in [0, 0.05) is 23.2 Å². The first-order valence-electron chi connectivity index (χ1n) is 8.00. The van der Waals surface area contributed by atoms with Crippen molar-refractivity contribution in [2.45, 2.75) is 32.9 Å². The minimum absolute atomic E-state index is 0.0904. The highest BCUT2D eigenvalue weighted by Gasteiger charge is 2.22. The van der Waals surface area contributed by atoms with Crippen LogP contribution in [0.5, 0.6) is 5.75 Å². The predicted molar refractivity (Wildman–Crippen MR) is 91.2 cm³/mol. The molecule has 6 nitrogen and oxygen atoms in total. The minimum atomic E-state index is -0.295. The molecule has 2 heterocycles. The zero-order chi connectivity index (χ0) is 17.1. The summed E-state index contributed by atoms with van der Waals surface area (Å²) in [6.45, 7) is 4.46. The maximum Gasteiger partial charge on any atom is 0.315 e. The fourth-order valence-electron chi connectivity index (χ4n) is 2.97. The van der Waals surface area contributed by atoms with E-state index in [1.807, 2.05) is 44.2 Å². The number of H-pyrrole nitrogens is 1. The molecular formula is C18H21N3O3. The van der Waals surface area contributed by atoms with Crippen LogP contribution in [0.25, 0.3) is 0 Å². The molecule has 0 radical (unpaired) electrons. The van der Waals surface area contributed by atoms with Crippen molar-refractivity contribution in [3.05, 3.63) is 63.1 Å². The van der Waals surface area contributed by atoms with Crippen LogP contribution >= 0.6 is 0 Å². The van der Waals surface area contributed by atoms with Gasteiger partial charge in [0.1, 0.15) is 5.75 Å². The monoisotopic (exact) mass is 327 g/mol. The number of hydrogen-bond donors (Lipinski definition) is 3. The molecule has 0 fully saturated rings. The Bertz CT molecular complexity index is 813. The fraction of sp³-hybridized carbons (Fsp3) is 0.333. The number of ether oxygens (including phenoxy) is 1. The average molecular weight is 327 g/mol. The summed E-state index contributed by atoms with van der Waals surface area (Å²) in [6, 6.07) is 9.20. The van der Waals surface area contributed by atoms with Gasteiger partial charge in [-0.1, -0.05) is 18.2 Å². The molecule has 0 bridgehead atoms. The molecular weight excluding hydrogens is 306 g/mol. The van der Waals surface area contributed by atoms with Gasteiger partial charge in [-0.15, -0.1) is 0 Å². The maximum atomic E-state index is 12.2. The second-order valence-electron chi connectivity index (χ2n) is 6.00. The molecule has 6 heteroatoms. The molecule has 0 spiro atoms. The predicted octanol–water partition coefficient (Wildman–Crippen LogP) is 2.31. The fourth-order valence-corrected chi connectivity index (χ4v) is 2.97. The van der Waals surface area contributed by atoms with E-state index in [9.17, 15) is 9.59 Å². The van der Waals surface area contributed by atoms with E-state index in [0.717, 1.165) is 22.6 Å². The Balaban J connectivity index is 1.64. The molecule has 1 aromatic carbocycles. The van der Waals surface area contributed by atoms with E-state index in [1.165, 1.54) is 0 Å². The summed E-state index contributed by atoms with van der Waals surface area (Å²) in [7, 11) is 0. The summed E-state index contributed by atoms with van der Waals surface area (Å²) in [5, 5.41) is 5.72. The van der Waals surface area contributed by atoms with Crippen LogP contribution in [0.15, 0.2) is 35.1 Å². The van der Waals surface area contributed by atoms with Crippen LogP contribution in [0, 0.1) is 13.8 Å². The van der Waals surface area contributed by atoms with Crippen molar-refractivity contribution in [3.8, 4) is 5.75 Å². The molecule has 1 aliphatic heterocycles. The Hall–Kier alpha value is -2.76. The number of urea groups is 1. The molecule has 1 aliphatic rings. The van der Waals surface area contributed by atoms with Crippen LogP contribution in [0.4, 0.5) is 4.79 Å². The van der Waals surface area contributed by atoms with Crippen LogP contribution in [0.1, 0.15) is 34.8 Å². The number of carbonyl (C=O) groups is 1. The zero-order valence-electron chi connectivity index (χ0n) is 13.8. The first-order valence-corrected chi connectivity index (χ1v) is 8.00.